The summed E-state index contributed by atoms with van der Waals surface area (Å²) in [5, 5.41) is 10.6. The van der Waals surface area contributed by atoms with Crippen molar-refractivity contribution >= 4 is 27.4 Å². The maximum absolute atomic E-state index is 11.5. The van der Waals surface area contributed by atoms with Crippen molar-refractivity contribution in [1.29, 1.82) is 0 Å². The van der Waals surface area contributed by atoms with Gasteiger partial charge in [-0.2, -0.15) is 0 Å². The molecular formula is C18H16O3S. The number of fused-ring (bicyclic) bond motifs is 1. The van der Waals surface area contributed by atoms with Crippen LogP contribution in [0.1, 0.15) is 19.8 Å². The molecule has 0 aliphatic rings. The molecule has 0 atom stereocenters. The molecule has 0 aliphatic carbocycles. The molecule has 1 N–H and O–H groups in total. The van der Waals surface area contributed by atoms with Gasteiger partial charge >= 0.3 is 5.97 Å². The quantitative estimate of drug-likeness (QED) is 0.546. The Morgan fingerprint density at radius 3 is 2.64 bits per heavy atom. The van der Waals surface area contributed by atoms with E-state index >= 15 is 0 Å². The number of phenolic OH excluding ortho intramolecular Hbond substituents is 1. The third kappa shape index (κ3) is 3.12. The van der Waals surface area contributed by atoms with Crippen LogP contribution in [0.2, 0.25) is 0 Å². The molecule has 0 bridgehead atoms. The van der Waals surface area contributed by atoms with E-state index in [0.717, 1.165) is 26.9 Å². The number of phenols is 1. The molecule has 0 saturated heterocycles. The predicted octanol–water partition coefficient (Wildman–Crippen LogP) is 4.98. The number of thiophene rings is 1. The fourth-order valence-corrected chi connectivity index (χ4v) is 3.34. The van der Waals surface area contributed by atoms with Crippen LogP contribution in [0.5, 0.6) is 11.5 Å². The van der Waals surface area contributed by atoms with Crippen molar-refractivity contribution in [2.24, 2.45) is 0 Å². The molecule has 0 spiro atoms. The molecule has 3 nitrogen and oxygen atoms in total. The lowest BCUT2D eigenvalue weighted by atomic mass is 10.1. The Morgan fingerprint density at radius 1 is 1.14 bits per heavy atom. The number of carbonyl (C=O) groups excluding carboxylic acids is 1. The minimum absolute atomic E-state index is 0.201. The van der Waals surface area contributed by atoms with Gasteiger partial charge < -0.3 is 9.84 Å². The van der Waals surface area contributed by atoms with Crippen molar-refractivity contribution < 1.29 is 14.6 Å². The molecule has 3 rings (SSSR count). The second-order valence-electron chi connectivity index (χ2n) is 5.08. The highest BCUT2D eigenvalue weighted by Crippen LogP contribution is 2.35. The summed E-state index contributed by atoms with van der Waals surface area (Å²) in [6.45, 7) is 1.95. The smallest absolute Gasteiger partial charge is 0.311 e. The Balaban J connectivity index is 1.83. The van der Waals surface area contributed by atoms with E-state index in [2.05, 4.69) is 6.07 Å². The number of ether oxygens (including phenoxy) is 1. The maximum atomic E-state index is 11.5. The number of aromatic hydroxyl groups is 1. The lowest BCUT2D eigenvalue weighted by Gasteiger charge is -2.04. The van der Waals surface area contributed by atoms with Crippen molar-refractivity contribution in [3.8, 4) is 21.9 Å². The maximum Gasteiger partial charge on any atom is 0.311 e. The molecule has 4 heteroatoms. The molecule has 1 aromatic heterocycles. The van der Waals surface area contributed by atoms with Crippen molar-refractivity contribution in [1.82, 2.24) is 0 Å². The third-order valence-corrected chi connectivity index (χ3v) is 4.48. The Kier molecular flexibility index (Phi) is 4.11. The van der Waals surface area contributed by atoms with Crippen LogP contribution in [0.25, 0.3) is 20.5 Å². The first-order valence-electron chi connectivity index (χ1n) is 7.19. The standard InChI is InChI=1S/C18H16O3S/c1-2-3-18(20)21-15-8-5-12(6-9-15)16-10-13-4-7-14(19)11-17(13)22-16/h4-11,19H,2-3H2,1H3. The second kappa shape index (κ2) is 6.20. The van der Waals surface area contributed by atoms with Gasteiger partial charge in [-0.25, -0.2) is 0 Å². The van der Waals surface area contributed by atoms with Gasteiger partial charge in [-0.3, -0.25) is 4.79 Å². The van der Waals surface area contributed by atoms with Gasteiger partial charge in [0.05, 0.1) is 0 Å². The van der Waals surface area contributed by atoms with Gasteiger partial charge in [-0.1, -0.05) is 6.92 Å². The monoisotopic (exact) mass is 312 g/mol. The van der Waals surface area contributed by atoms with Crippen LogP contribution in [-0.4, -0.2) is 11.1 Å². The molecule has 112 valence electrons. The Morgan fingerprint density at radius 2 is 1.91 bits per heavy atom. The average Bonchev–Trinajstić information content (AvgIpc) is 2.91. The summed E-state index contributed by atoms with van der Waals surface area (Å²) >= 11 is 1.62. The third-order valence-electron chi connectivity index (χ3n) is 3.33. The van der Waals surface area contributed by atoms with E-state index in [1.807, 2.05) is 37.3 Å². The largest absolute Gasteiger partial charge is 0.508 e. The summed E-state index contributed by atoms with van der Waals surface area (Å²) in [5.74, 6) is 0.646. The number of benzene rings is 2. The van der Waals surface area contributed by atoms with Gasteiger partial charge in [-0.05, 0) is 65.9 Å². The topological polar surface area (TPSA) is 46.5 Å². The van der Waals surface area contributed by atoms with Gasteiger partial charge in [0.15, 0.2) is 0 Å². The van der Waals surface area contributed by atoms with E-state index in [9.17, 15) is 9.90 Å². The summed E-state index contributed by atoms with van der Waals surface area (Å²) in [6.07, 6.45) is 1.22. The van der Waals surface area contributed by atoms with E-state index in [4.69, 9.17) is 4.74 Å². The fourth-order valence-electron chi connectivity index (χ4n) is 2.24. The van der Waals surface area contributed by atoms with Crippen LogP contribution in [0.3, 0.4) is 0 Å². The summed E-state index contributed by atoms with van der Waals surface area (Å²) in [5.41, 5.74) is 1.07. The lowest BCUT2D eigenvalue weighted by Crippen LogP contribution is -2.06. The predicted molar refractivity (Wildman–Crippen MR) is 89.5 cm³/mol. The van der Waals surface area contributed by atoms with E-state index < -0.39 is 0 Å². The number of esters is 1. The molecule has 0 saturated carbocycles. The molecule has 0 amide bonds. The number of rotatable bonds is 4. The van der Waals surface area contributed by atoms with E-state index in [-0.39, 0.29) is 11.7 Å². The van der Waals surface area contributed by atoms with Gasteiger partial charge in [0.2, 0.25) is 0 Å². The van der Waals surface area contributed by atoms with Gasteiger partial charge in [0.1, 0.15) is 11.5 Å². The number of hydrogen-bond donors (Lipinski definition) is 1. The van der Waals surface area contributed by atoms with E-state index in [1.165, 1.54) is 0 Å². The van der Waals surface area contributed by atoms with E-state index in [0.29, 0.717) is 12.2 Å². The Hall–Kier alpha value is -2.33. The molecule has 3 aromatic rings. The molecule has 22 heavy (non-hydrogen) atoms. The summed E-state index contributed by atoms with van der Waals surface area (Å²) in [6, 6.07) is 15.0. The van der Waals surface area contributed by atoms with Crippen LogP contribution < -0.4 is 4.74 Å². The first kappa shape index (κ1) is 14.6. The van der Waals surface area contributed by atoms with Gasteiger partial charge in [0, 0.05) is 16.0 Å². The first-order chi connectivity index (χ1) is 10.7. The van der Waals surface area contributed by atoms with Gasteiger partial charge in [-0.15, -0.1) is 11.3 Å². The average molecular weight is 312 g/mol. The molecule has 2 aromatic carbocycles. The van der Waals surface area contributed by atoms with Crippen LogP contribution in [0.15, 0.2) is 48.5 Å². The number of carbonyl (C=O) groups is 1. The second-order valence-corrected chi connectivity index (χ2v) is 6.17. The molecule has 0 aliphatic heterocycles. The summed E-state index contributed by atoms with van der Waals surface area (Å²) in [4.78, 5) is 12.6. The molecule has 0 radical (unpaired) electrons. The zero-order valence-corrected chi connectivity index (χ0v) is 13.0. The Labute approximate surface area is 132 Å². The Bertz CT molecular complexity index is 803. The molecule has 1 heterocycles. The van der Waals surface area contributed by atoms with Crippen molar-refractivity contribution in [2.45, 2.75) is 19.8 Å². The lowest BCUT2D eigenvalue weighted by molar-refractivity contribution is -0.134. The highest BCUT2D eigenvalue weighted by molar-refractivity contribution is 7.22. The fraction of sp³-hybridized carbons (Fsp3) is 0.167. The number of hydrogen-bond acceptors (Lipinski definition) is 4. The van der Waals surface area contributed by atoms with Crippen LogP contribution in [-0.2, 0) is 4.79 Å². The minimum Gasteiger partial charge on any atom is -0.508 e. The molecule has 0 unspecified atom stereocenters. The summed E-state index contributed by atoms with van der Waals surface area (Å²) < 4.78 is 6.30. The van der Waals surface area contributed by atoms with E-state index in [1.54, 1.807) is 23.5 Å². The van der Waals surface area contributed by atoms with Crippen LogP contribution in [0, 0.1) is 0 Å². The molecule has 0 fully saturated rings. The van der Waals surface area contributed by atoms with Crippen molar-refractivity contribution in [3.05, 3.63) is 48.5 Å². The van der Waals surface area contributed by atoms with Crippen LogP contribution in [0.4, 0.5) is 0 Å². The minimum atomic E-state index is -0.201. The van der Waals surface area contributed by atoms with Crippen molar-refractivity contribution in [2.75, 3.05) is 0 Å². The zero-order valence-electron chi connectivity index (χ0n) is 12.2. The first-order valence-corrected chi connectivity index (χ1v) is 8.01. The highest BCUT2D eigenvalue weighted by Gasteiger charge is 2.07. The van der Waals surface area contributed by atoms with Crippen LogP contribution >= 0.6 is 11.3 Å². The zero-order chi connectivity index (χ0) is 15.5. The van der Waals surface area contributed by atoms with Gasteiger partial charge in [0.25, 0.3) is 0 Å². The molecular weight excluding hydrogens is 296 g/mol. The van der Waals surface area contributed by atoms with Crippen molar-refractivity contribution in [3.63, 3.8) is 0 Å². The highest BCUT2D eigenvalue weighted by atomic mass is 32.1. The summed E-state index contributed by atoms with van der Waals surface area (Å²) in [7, 11) is 0. The SMILES string of the molecule is CCCC(=O)Oc1ccc(-c2cc3ccc(O)cc3s2)cc1. The normalized spacial score (nSPS) is 10.8.